The van der Waals surface area contributed by atoms with Crippen molar-refractivity contribution in [2.45, 2.75) is 6.92 Å². The first-order chi connectivity index (χ1) is 8.15. The van der Waals surface area contributed by atoms with Gasteiger partial charge in [0.1, 0.15) is 5.82 Å². The van der Waals surface area contributed by atoms with Crippen molar-refractivity contribution in [2.24, 2.45) is 0 Å². The molecular formula is C13H11IN2O. The predicted octanol–water partition coefficient (Wildman–Crippen LogP) is 3.25. The second kappa shape index (κ2) is 5.27. The van der Waals surface area contributed by atoms with Crippen molar-refractivity contribution in [1.29, 1.82) is 0 Å². The standard InChI is InChI=1S/C13H11IN2O/c1-9-3-2-4-10(7-9)13(17)16-12-6-5-11(14)8-15-12/h2-8H,1H3,(H,15,16,17). The minimum Gasteiger partial charge on any atom is -0.307 e. The number of amides is 1. The Labute approximate surface area is 113 Å². The van der Waals surface area contributed by atoms with Crippen LogP contribution in [0.25, 0.3) is 0 Å². The van der Waals surface area contributed by atoms with Crippen LogP contribution in [0.4, 0.5) is 5.82 Å². The van der Waals surface area contributed by atoms with E-state index < -0.39 is 0 Å². The molecule has 1 N–H and O–H groups in total. The maximum atomic E-state index is 11.9. The molecule has 0 aliphatic heterocycles. The van der Waals surface area contributed by atoms with Gasteiger partial charge in [-0.1, -0.05) is 17.7 Å². The van der Waals surface area contributed by atoms with Gasteiger partial charge in [-0.2, -0.15) is 0 Å². The number of pyridine rings is 1. The quantitative estimate of drug-likeness (QED) is 0.854. The Hall–Kier alpha value is -1.43. The van der Waals surface area contributed by atoms with E-state index in [0.717, 1.165) is 9.13 Å². The van der Waals surface area contributed by atoms with Gasteiger partial charge in [-0.3, -0.25) is 4.79 Å². The van der Waals surface area contributed by atoms with E-state index in [2.05, 4.69) is 32.9 Å². The van der Waals surface area contributed by atoms with Gasteiger partial charge in [-0.05, 0) is 53.8 Å². The number of hydrogen-bond donors (Lipinski definition) is 1. The first kappa shape index (κ1) is 12.0. The van der Waals surface area contributed by atoms with Crippen molar-refractivity contribution >= 4 is 34.3 Å². The van der Waals surface area contributed by atoms with Gasteiger partial charge in [0, 0.05) is 15.3 Å². The van der Waals surface area contributed by atoms with Gasteiger partial charge in [0.05, 0.1) is 0 Å². The number of carbonyl (C=O) groups excluding carboxylic acids is 1. The van der Waals surface area contributed by atoms with E-state index in [1.807, 2.05) is 31.2 Å². The number of nitrogens with zero attached hydrogens (tertiary/aromatic N) is 1. The summed E-state index contributed by atoms with van der Waals surface area (Å²) in [7, 11) is 0. The van der Waals surface area contributed by atoms with Gasteiger partial charge < -0.3 is 5.32 Å². The van der Waals surface area contributed by atoms with Gasteiger partial charge >= 0.3 is 0 Å². The lowest BCUT2D eigenvalue weighted by Crippen LogP contribution is -2.12. The maximum Gasteiger partial charge on any atom is 0.256 e. The predicted molar refractivity (Wildman–Crippen MR) is 76.1 cm³/mol. The summed E-state index contributed by atoms with van der Waals surface area (Å²) in [4.78, 5) is 16.0. The SMILES string of the molecule is Cc1cccc(C(=O)Nc2ccc(I)cn2)c1. The zero-order valence-electron chi connectivity index (χ0n) is 9.27. The molecule has 0 bridgehead atoms. The molecule has 0 fully saturated rings. The van der Waals surface area contributed by atoms with E-state index >= 15 is 0 Å². The molecule has 2 aromatic rings. The summed E-state index contributed by atoms with van der Waals surface area (Å²) in [6.45, 7) is 1.96. The van der Waals surface area contributed by atoms with Gasteiger partial charge in [-0.15, -0.1) is 0 Å². The van der Waals surface area contributed by atoms with Crippen molar-refractivity contribution in [3.63, 3.8) is 0 Å². The van der Waals surface area contributed by atoms with Crippen LogP contribution >= 0.6 is 22.6 Å². The lowest BCUT2D eigenvalue weighted by atomic mass is 10.1. The summed E-state index contributed by atoms with van der Waals surface area (Å²) in [5, 5.41) is 2.76. The molecule has 2 rings (SSSR count). The number of nitrogens with one attached hydrogen (secondary N) is 1. The van der Waals surface area contributed by atoms with Gasteiger partial charge in [-0.25, -0.2) is 4.98 Å². The maximum absolute atomic E-state index is 11.9. The fraction of sp³-hybridized carbons (Fsp3) is 0.0769. The first-order valence-corrected chi connectivity index (χ1v) is 6.22. The van der Waals surface area contributed by atoms with Crippen LogP contribution in [0.3, 0.4) is 0 Å². The van der Waals surface area contributed by atoms with Crippen LogP contribution in [0.1, 0.15) is 15.9 Å². The van der Waals surface area contributed by atoms with Crippen LogP contribution in [0.15, 0.2) is 42.6 Å². The Kier molecular flexibility index (Phi) is 3.73. The van der Waals surface area contributed by atoms with Crippen molar-refractivity contribution in [1.82, 2.24) is 4.98 Å². The fourth-order valence-electron chi connectivity index (χ4n) is 1.42. The number of carbonyl (C=O) groups is 1. The number of rotatable bonds is 2. The molecule has 17 heavy (non-hydrogen) atoms. The average Bonchev–Trinajstić information content (AvgIpc) is 2.32. The van der Waals surface area contributed by atoms with Crippen LogP contribution < -0.4 is 5.32 Å². The highest BCUT2D eigenvalue weighted by Gasteiger charge is 2.06. The molecule has 0 aliphatic rings. The van der Waals surface area contributed by atoms with E-state index in [0.29, 0.717) is 11.4 Å². The fourth-order valence-corrected chi connectivity index (χ4v) is 1.74. The van der Waals surface area contributed by atoms with Gasteiger partial charge in [0.2, 0.25) is 0 Å². The van der Waals surface area contributed by atoms with Crippen molar-refractivity contribution < 1.29 is 4.79 Å². The van der Waals surface area contributed by atoms with E-state index in [9.17, 15) is 4.79 Å². The Morgan fingerprint density at radius 2 is 2.12 bits per heavy atom. The molecule has 1 aromatic carbocycles. The highest BCUT2D eigenvalue weighted by molar-refractivity contribution is 14.1. The summed E-state index contributed by atoms with van der Waals surface area (Å²) in [6, 6.07) is 11.2. The number of aryl methyl sites for hydroxylation is 1. The monoisotopic (exact) mass is 338 g/mol. The molecule has 1 amide bonds. The third-order valence-corrected chi connectivity index (χ3v) is 2.89. The largest absolute Gasteiger partial charge is 0.307 e. The van der Waals surface area contributed by atoms with E-state index in [-0.39, 0.29) is 5.91 Å². The summed E-state index contributed by atoms with van der Waals surface area (Å²) in [5.41, 5.74) is 1.71. The third-order valence-electron chi connectivity index (χ3n) is 2.25. The van der Waals surface area contributed by atoms with Crippen LogP contribution in [-0.4, -0.2) is 10.9 Å². The minimum absolute atomic E-state index is 0.137. The molecule has 1 aromatic heterocycles. The molecule has 0 radical (unpaired) electrons. The zero-order chi connectivity index (χ0) is 12.3. The highest BCUT2D eigenvalue weighted by Crippen LogP contribution is 2.10. The van der Waals surface area contributed by atoms with E-state index in [1.165, 1.54) is 0 Å². The molecule has 1 heterocycles. The van der Waals surface area contributed by atoms with Crippen LogP contribution in [0.2, 0.25) is 0 Å². The van der Waals surface area contributed by atoms with Crippen molar-refractivity contribution in [3.05, 3.63) is 57.3 Å². The van der Waals surface area contributed by atoms with Gasteiger partial charge in [0.25, 0.3) is 5.91 Å². The normalized spacial score (nSPS) is 10.0. The number of halogens is 1. The Balaban J connectivity index is 2.14. The summed E-state index contributed by atoms with van der Waals surface area (Å²) in [6.07, 6.45) is 1.71. The smallest absolute Gasteiger partial charge is 0.256 e. The number of benzene rings is 1. The van der Waals surface area contributed by atoms with Crippen molar-refractivity contribution in [3.8, 4) is 0 Å². The molecule has 0 unspecified atom stereocenters. The minimum atomic E-state index is -0.137. The van der Waals surface area contributed by atoms with Crippen LogP contribution in [0, 0.1) is 10.5 Å². The molecule has 0 saturated heterocycles. The first-order valence-electron chi connectivity index (χ1n) is 5.15. The topological polar surface area (TPSA) is 42.0 Å². The third kappa shape index (κ3) is 3.26. The highest BCUT2D eigenvalue weighted by atomic mass is 127. The average molecular weight is 338 g/mol. The second-order valence-electron chi connectivity index (χ2n) is 3.69. The van der Waals surface area contributed by atoms with E-state index in [4.69, 9.17) is 0 Å². The lowest BCUT2D eigenvalue weighted by molar-refractivity contribution is 0.102. The number of anilines is 1. The lowest BCUT2D eigenvalue weighted by Gasteiger charge is -2.04. The molecule has 86 valence electrons. The Bertz CT molecular complexity index is 537. The van der Waals surface area contributed by atoms with Crippen LogP contribution in [0.5, 0.6) is 0 Å². The molecule has 0 saturated carbocycles. The van der Waals surface area contributed by atoms with Crippen LogP contribution in [-0.2, 0) is 0 Å². The molecule has 3 nitrogen and oxygen atoms in total. The molecule has 4 heteroatoms. The molecule has 0 spiro atoms. The Morgan fingerprint density at radius 3 is 2.76 bits per heavy atom. The molecular weight excluding hydrogens is 327 g/mol. The summed E-state index contributed by atoms with van der Waals surface area (Å²) < 4.78 is 1.04. The number of aromatic nitrogens is 1. The molecule has 0 aliphatic carbocycles. The molecule has 0 atom stereocenters. The zero-order valence-corrected chi connectivity index (χ0v) is 11.4. The van der Waals surface area contributed by atoms with E-state index in [1.54, 1.807) is 18.3 Å². The van der Waals surface area contributed by atoms with Crippen molar-refractivity contribution in [2.75, 3.05) is 5.32 Å². The summed E-state index contributed by atoms with van der Waals surface area (Å²) >= 11 is 2.17. The van der Waals surface area contributed by atoms with Gasteiger partial charge in [0.15, 0.2) is 0 Å². The summed E-state index contributed by atoms with van der Waals surface area (Å²) in [5.74, 6) is 0.430. The second-order valence-corrected chi connectivity index (χ2v) is 4.93. The number of hydrogen-bond acceptors (Lipinski definition) is 2. The Morgan fingerprint density at radius 1 is 1.29 bits per heavy atom.